The van der Waals surface area contributed by atoms with Crippen molar-refractivity contribution in [1.82, 2.24) is 0 Å². The quantitative estimate of drug-likeness (QED) is 0.105. The minimum absolute atomic E-state index is 0.384. The number of benzene rings is 8. The molecule has 4 N–H and O–H groups in total. The maximum Gasteiger partial charge on any atom is 0.0957 e. The van der Waals surface area contributed by atoms with Crippen molar-refractivity contribution in [2.75, 3.05) is 0 Å². The SMILES string of the molecule is Cc1cc2cccc3c4cccc5cccc(c(c1)c23)c54.N/C(S)=C(/N)SCc1cc2cccc3cc4c(c(c1)c23)=CC=CC4. The maximum atomic E-state index is 5.90. The molecule has 1 aliphatic carbocycles. The first-order valence-corrected chi connectivity index (χ1v) is 16.7. The van der Waals surface area contributed by atoms with Gasteiger partial charge in [-0.1, -0.05) is 115 Å². The summed E-state index contributed by atoms with van der Waals surface area (Å²) in [5.74, 6) is 0.780. The van der Waals surface area contributed by atoms with Gasteiger partial charge >= 0.3 is 0 Å². The van der Waals surface area contributed by atoms with Crippen molar-refractivity contribution >= 4 is 95.1 Å². The van der Waals surface area contributed by atoms with Crippen molar-refractivity contribution in [2.24, 2.45) is 11.5 Å². The first kappa shape index (κ1) is 27.9. The van der Waals surface area contributed by atoms with E-state index < -0.39 is 0 Å². The summed E-state index contributed by atoms with van der Waals surface area (Å²) < 4.78 is 0. The van der Waals surface area contributed by atoms with Gasteiger partial charge in [0.1, 0.15) is 0 Å². The van der Waals surface area contributed by atoms with E-state index in [1.807, 2.05) is 0 Å². The summed E-state index contributed by atoms with van der Waals surface area (Å²) in [6.07, 6.45) is 7.57. The zero-order valence-corrected chi connectivity index (χ0v) is 26.7. The highest BCUT2D eigenvalue weighted by atomic mass is 32.2. The molecule has 0 amide bonds. The van der Waals surface area contributed by atoms with Gasteiger partial charge in [0.2, 0.25) is 0 Å². The first-order valence-electron chi connectivity index (χ1n) is 15.2. The molecule has 0 aliphatic heterocycles. The fourth-order valence-corrected chi connectivity index (χ4v) is 7.97. The Labute approximate surface area is 271 Å². The van der Waals surface area contributed by atoms with Gasteiger partial charge in [0.15, 0.2) is 0 Å². The van der Waals surface area contributed by atoms with Gasteiger partial charge in [-0.3, -0.25) is 0 Å². The molecule has 0 heterocycles. The molecule has 1 aliphatic rings. The van der Waals surface area contributed by atoms with Gasteiger partial charge in [-0.15, -0.1) is 24.4 Å². The van der Waals surface area contributed by atoms with Crippen LogP contribution in [-0.4, -0.2) is 0 Å². The van der Waals surface area contributed by atoms with E-state index in [1.54, 1.807) is 0 Å². The third kappa shape index (κ3) is 4.77. The molecule has 0 aromatic heterocycles. The van der Waals surface area contributed by atoms with Gasteiger partial charge in [-0.25, -0.2) is 0 Å². The predicted molar refractivity (Wildman–Crippen MR) is 202 cm³/mol. The van der Waals surface area contributed by atoms with Crippen LogP contribution in [0.4, 0.5) is 0 Å². The Balaban J connectivity index is 0.000000134. The molecular weight excluding hydrogens is 585 g/mol. The molecule has 8 aromatic carbocycles. The van der Waals surface area contributed by atoms with Gasteiger partial charge in [0.05, 0.1) is 10.1 Å². The zero-order valence-electron chi connectivity index (χ0n) is 25.0. The van der Waals surface area contributed by atoms with Crippen molar-refractivity contribution in [3.05, 3.63) is 147 Å². The van der Waals surface area contributed by atoms with Crippen molar-refractivity contribution < 1.29 is 0 Å². The summed E-state index contributed by atoms with van der Waals surface area (Å²) in [5, 5.41) is 18.5. The van der Waals surface area contributed by atoms with Gasteiger partial charge in [-0.05, 0) is 106 Å². The summed E-state index contributed by atoms with van der Waals surface area (Å²) in [5.41, 5.74) is 15.5. The molecule has 4 heteroatoms. The predicted octanol–water partition coefficient (Wildman–Crippen LogP) is 9.86. The fraction of sp³-hybridized carbons (Fsp3) is 0.0732. The Morgan fingerprint density at radius 2 is 1.27 bits per heavy atom. The second-order valence-electron chi connectivity index (χ2n) is 11.9. The smallest absolute Gasteiger partial charge is 0.0957 e. The van der Waals surface area contributed by atoms with E-state index >= 15 is 0 Å². The number of hydrogen-bond acceptors (Lipinski definition) is 4. The number of rotatable bonds is 3. The van der Waals surface area contributed by atoms with E-state index in [0.717, 1.165) is 12.2 Å². The van der Waals surface area contributed by atoms with Crippen LogP contribution in [0.25, 0.3) is 70.7 Å². The second-order valence-corrected chi connectivity index (χ2v) is 13.4. The topological polar surface area (TPSA) is 52.0 Å². The molecule has 0 atom stereocenters. The molecule has 0 saturated carbocycles. The summed E-state index contributed by atoms with van der Waals surface area (Å²) >= 11 is 5.63. The summed E-state index contributed by atoms with van der Waals surface area (Å²) in [4.78, 5) is 0. The normalized spacial score (nSPS) is 13.4. The molecular formula is C41H32N2S2. The zero-order chi connectivity index (χ0) is 30.7. The van der Waals surface area contributed by atoms with Gasteiger partial charge in [0, 0.05) is 5.75 Å². The highest BCUT2D eigenvalue weighted by Crippen LogP contribution is 2.40. The van der Waals surface area contributed by atoms with Crippen LogP contribution in [0.15, 0.2) is 125 Å². The van der Waals surface area contributed by atoms with Crippen LogP contribution in [0.3, 0.4) is 0 Å². The standard InChI is InChI=1S/C21H14.C20H18N2S2/c1-13-11-15-7-4-9-17-16-8-2-5-14-6-3-10-18(20(14)16)19(12-13)21(15)17;21-19(23)20(22)24-11-12-8-14-5-3-6-15-10-13-4-1-2-7-16(13)17(9-12)18(14)15/h2-12H,1H3;1-3,5-10,23H,4,11,21-22H2/b;20-19+. The Bertz CT molecular complexity index is 2550. The number of thioether (sulfide) groups is 1. The molecule has 2 nitrogen and oxygen atoms in total. The molecule has 0 fully saturated rings. The summed E-state index contributed by atoms with van der Waals surface area (Å²) in [6.45, 7) is 2.18. The van der Waals surface area contributed by atoms with E-state index in [4.69, 9.17) is 11.5 Å². The van der Waals surface area contributed by atoms with Gasteiger partial charge < -0.3 is 11.5 Å². The van der Waals surface area contributed by atoms with Gasteiger partial charge in [0.25, 0.3) is 0 Å². The Hall–Kier alpha value is -4.64. The summed E-state index contributed by atoms with van der Waals surface area (Å²) in [6, 6.07) is 37.9. The lowest BCUT2D eigenvalue weighted by Crippen LogP contribution is -2.12. The molecule has 8 aromatic rings. The van der Waals surface area contributed by atoms with E-state index in [-0.39, 0.29) is 0 Å². The Morgan fingerprint density at radius 3 is 1.98 bits per heavy atom. The number of nitrogens with two attached hydrogens (primary N) is 2. The largest absolute Gasteiger partial charge is 0.392 e. The van der Waals surface area contributed by atoms with Crippen LogP contribution < -0.4 is 16.7 Å². The van der Waals surface area contributed by atoms with Crippen molar-refractivity contribution in [1.29, 1.82) is 0 Å². The second kappa shape index (κ2) is 11.1. The van der Waals surface area contributed by atoms with Crippen molar-refractivity contribution in [3.8, 4) is 0 Å². The third-order valence-corrected chi connectivity index (χ3v) is 10.4. The van der Waals surface area contributed by atoms with E-state index in [0.29, 0.717) is 10.1 Å². The average molecular weight is 617 g/mol. The minimum Gasteiger partial charge on any atom is -0.392 e. The highest BCUT2D eigenvalue weighted by Gasteiger charge is 2.13. The van der Waals surface area contributed by atoms with Crippen LogP contribution in [0.2, 0.25) is 0 Å². The average Bonchev–Trinajstić information content (AvgIpc) is 3.06. The number of allylic oxidation sites excluding steroid dienone is 2. The highest BCUT2D eigenvalue weighted by molar-refractivity contribution is 8.03. The number of fused-ring (bicyclic) bond motifs is 4. The maximum absolute atomic E-state index is 5.90. The molecule has 0 unspecified atom stereocenters. The lowest BCUT2D eigenvalue weighted by molar-refractivity contribution is 1.25. The molecule has 0 saturated heterocycles. The Morgan fingerprint density at radius 1 is 0.667 bits per heavy atom. The lowest BCUT2D eigenvalue weighted by atomic mass is 9.89. The Kier molecular flexibility index (Phi) is 6.85. The number of aryl methyl sites for hydroxylation is 1. The molecule has 45 heavy (non-hydrogen) atoms. The van der Waals surface area contributed by atoms with E-state index in [2.05, 4.69) is 141 Å². The van der Waals surface area contributed by atoms with Gasteiger partial charge in [-0.2, -0.15) is 0 Å². The molecule has 0 spiro atoms. The molecule has 0 radical (unpaired) electrons. The van der Waals surface area contributed by atoms with Crippen molar-refractivity contribution in [2.45, 2.75) is 19.1 Å². The molecule has 0 bridgehead atoms. The van der Waals surface area contributed by atoms with Crippen LogP contribution in [-0.2, 0) is 12.2 Å². The summed E-state index contributed by atoms with van der Waals surface area (Å²) in [7, 11) is 0. The van der Waals surface area contributed by atoms with Crippen LogP contribution in [0.5, 0.6) is 0 Å². The fourth-order valence-electron chi connectivity index (χ4n) is 7.14. The van der Waals surface area contributed by atoms with E-state index in [9.17, 15) is 0 Å². The van der Waals surface area contributed by atoms with Crippen LogP contribution in [0, 0.1) is 6.92 Å². The van der Waals surface area contributed by atoms with Crippen molar-refractivity contribution in [3.63, 3.8) is 0 Å². The number of hydrogen-bond donors (Lipinski definition) is 3. The first-order chi connectivity index (χ1) is 22.0. The lowest BCUT2D eigenvalue weighted by Gasteiger charge is -2.14. The van der Waals surface area contributed by atoms with E-state index in [1.165, 1.54) is 98.3 Å². The molecule has 9 rings (SSSR count). The molecule has 218 valence electrons. The number of thiol groups is 1. The minimum atomic E-state index is 0.384. The van der Waals surface area contributed by atoms with Crippen LogP contribution in [0.1, 0.15) is 16.7 Å². The monoisotopic (exact) mass is 616 g/mol. The van der Waals surface area contributed by atoms with Crippen LogP contribution >= 0.6 is 24.4 Å². The third-order valence-electron chi connectivity index (χ3n) is 9.02.